The predicted molar refractivity (Wildman–Crippen MR) is 108 cm³/mol. The third kappa shape index (κ3) is 3.36. The quantitative estimate of drug-likeness (QED) is 0.787. The molecule has 0 amide bonds. The molecule has 1 aromatic heterocycles. The van der Waals surface area contributed by atoms with E-state index in [1.54, 1.807) is 0 Å². The molecule has 0 radical (unpaired) electrons. The van der Waals surface area contributed by atoms with E-state index in [9.17, 15) is 9.90 Å². The lowest BCUT2D eigenvalue weighted by molar-refractivity contribution is 0.0702. The monoisotopic (exact) mass is 367 g/mol. The van der Waals surface area contributed by atoms with Crippen molar-refractivity contribution < 1.29 is 9.90 Å². The molecule has 1 aromatic carbocycles. The van der Waals surface area contributed by atoms with E-state index in [1.807, 2.05) is 18.2 Å². The molecule has 1 saturated carbocycles. The maximum atomic E-state index is 12.0. The van der Waals surface area contributed by atoms with Crippen LogP contribution in [0.1, 0.15) is 47.3 Å². The summed E-state index contributed by atoms with van der Waals surface area (Å²) >= 11 is 1.41. The molecule has 0 atom stereocenters. The molecule has 1 fully saturated rings. The van der Waals surface area contributed by atoms with Gasteiger partial charge in [0.15, 0.2) is 0 Å². The Morgan fingerprint density at radius 2 is 1.92 bits per heavy atom. The lowest BCUT2D eigenvalue weighted by Crippen LogP contribution is -2.30. The number of benzene rings is 1. The third-order valence-corrected chi connectivity index (χ3v) is 6.90. The molecule has 136 valence electrons. The summed E-state index contributed by atoms with van der Waals surface area (Å²) in [5.41, 5.74) is 4.88. The Kier molecular flexibility index (Phi) is 4.96. The molecule has 1 aliphatic heterocycles. The standard InChI is InChI=1S/C22H25NO2S/c1-23-12-11-17(19(14-23)15-7-5-6-8-15)18-13-20(26-21(18)22(24)25)16-9-3-2-4-10-16/h2-4,9-10,13,15H,5-8,11-12,14H2,1H3,(H,24,25). The number of carboxylic acid groups (broad SMARTS) is 1. The Balaban J connectivity index is 1.83. The highest BCUT2D eigenvalue weighted by molar-refractivity contribution is 7.17. The van der Waals surface area contributed by atoms with Gasteiger partial charge >= 0.3 is 5.97 Å². The smallest absolute Gasteiger partial charge is 0.346 e. The van der Waals surface area contributed by atoms with Crippen LogP contribution in [0.3, 0.4) is 0 Å². The maximum Gasteiger partial charge on any atom is 0.346 e. The van der Waals surface area contributed by atoms with Crippen molar-refractivity contribution in [2.75, 3.05) is 20.1 Å². The van der Waals surface area contributed by atoms with Crippen molar-refractivity contribution >= 4 is 22.9 Å². The Hall–Kier alpha value is -1.91. The van der Waals surface area contributed by atoms with Crippen LogP contribution in [0.15, 0.2) is 42.0 Å². The average Bonchev–Trinajstić information content (AvgIpc) is 3.32. The zero-order valence-corrected chi connectivity index (χ0v) is 16.0. The predicted octanol–water partition coefficient (Wildman–Crippen LogP) is 5.39. The summed E-state index contributed by atoms with van der Waals surface area (Å²) in [4.78, 5) is 15.9. The number of aromatic carboxylic acids is 1. The van der Waals surface area contributed by atoms with Crippen LogP contribution in [0.5, 0.6) is 0 Å². The first kappa shape index (κ1) is 17.5. The van der Waals surface area contributed by atoms with Gasteiger partial charge in [-0.3, -0.25) is 0 Å². The summed E-state index contributed by atoms with van der Waals surface area (Å²) in [6, 6.07) is 12.2. The van der Waals surface area contributed by atoms with E-state index in [0.717, 1.165) is 35.5 Å². The molecule has 26 heavy (non-hydrogen) atoms. The molecule has 1 aliphatic carbocycles. The third-order valence-electron chi connectivity index (χ3n) is 5.73. The van der Waals surface area contributed by atoms with Crippen LogP contribution in [0.2, 0.25) is 0 Å². The minimum absolute atomic E-state index is 0.499. The molecule has 2 aromatic rings. The van der Waals surface area contributed by atoms with E-state index in [4.69, 9.17) is 0 Å². The number of carboxylic acids is 1. The van der Waals surface area contributed by atoms with Crippen LogP contribution >= 0.6 is 11.3 Å². The fraction of sp³-hybridized carbons (Fsp3) is 0.409. The summed E-state index contributed by atoms with van der Waals surface area (Å²) < 4.78 is 0. The zero-order valence-electron chi connectivity index (χ0n) is 15.2. The number of carbonyl (C=O) groups is 1. The molecule has 1 N–H and O–H groups in total. The number of nitrogens with zero attached hydrogens (tertiary/aromatic N) is 1. The fourth-order valence-electron chi connectivity index (χ4n) is 4.40. The van der Waals surface area contributed by atoms with Crippen LogP contribution in [0.25, 0.3) is 16.0 Å². The van der Waals surface area contributed by atoms with E-state index >= 15 is 0 Å². The zero-order chi connectivity index (χ0) is 18.1. The van der Waals surface area contributed by atoms with Gasteiger partial charge in [0.25, 0.3) is 0 Å². The van der Waals surface area contributed by atoms with Crippen molar-refractivity contribution in [2.45, 2.75) is 32.1 Å². The van der Waals surface area contributed by atoms with Crippen molar-refractivity contribution in [1.29, 1.82) is 0 Å². The molecule has 0 saturated heterocycles. The molecule has 2 heterocycles. The summed E-state index contributed by atoms with van der Waals surface area (Å²) in [5, 5.41) is 9.84. The molecular formula is C22H25NO2S. The summed E-state index contributed by atoms with van der Waals surface area (Å²) in [5.74, 6) is -0.168. The van der Waals surface area contributed by atoms with Crippen LogP contribution in [-0.4, -0.2) is 36.1 Å². The van der Waals surface area contributed by atoms with Gasteiger partial charge in [-0.2, -0.15) is 0 Å². The number of hydrogen-bond acceptors (Lipinski definition) is 3. The van der Waals surface area contributed by atoms with Gasteiger partial charge in [0.1, 0.15) is 4.88 Å². The topological polar surface area (TPSA) is 40.5 Å². The molecule has 0 bridgehead atoms. The van der Waals surface area contributed by atoms with E-state index in [2.05, 4.69) is 30.1 Å². The highest BCUT2D eigenvalue weighted by Crippen LogP contribution is 2.43. The Bertz CT molecular complexity index is 831. The van der Waals surface area contributed by atoms with E-state index in [0.29, 0.717) is 10.8 Å². The van der Waals surface area contributed by atoms with Crippen LogP contribution < -0.4 is 0 Å². The second-order valence-corrected chi connectivity index (χ2v) is 8.55. The van der Waals surface area contributed by atoms with Gasteiger partial charge in [-0.05, 0) is 55.0 Å². The maximum absolute atomic E-state index is 12.0. The highest BCUT2D eigenvalue weighted by Gasteiger charge is 2.29. The van der Waals surface area contributed by atoms with Gasteiger partial charge in [0, 0.05) is 23.5 Å². The van der Waals surface area contributed by atoms with Gasteiger partial charge in [0.2, 0.25) is 0 Å². The lowest BCUT2D eigenvalue weighted by Gasteiger charge is -2.31. The van der Waals surface area contributed by atoms with Crippen LogP contribution in [0.4, 0.5) is 0 Å². The number of likely N-dealkylation sites (N-methyl/N-ethyl adjacent to an activating group) is 1. The first-order valence-electron chi connectivity index (χ1n) is 9.47. The van der Waals surface area contributed by atoms with Gasteiger partial charge < -0.3 is 10.0 Å². The molecule has 4 heteroatoms. The number of thiophene rings is 1. The normalized spacial score (nSPS) is 19.3. The fourth-order valence-corrected chi connectivity index (χ4v) is 5.43. The second-order valence-electron chi connectivity index (χ2n) is 7.50. The molecule has 3 nitrogen and oxygen atoms in total. The summed E-state index contributed by atoms with van der Waals surface area (Å²) in [6.07, 6.45) is 6.06. The Morgan fingerprint density at radius 1 is 1.19 bits per heavy atom. The van der Waals surface area contributed by atoms with Crippen LogP contribution in [-0.2, 0) is 0 Å². The van der Waals surface area contributed by atoms with Crippen molar-refractivity contribution in [2.24, 2.45) is 5.92 Å². The molecular weight excluding hydrogens is 342 g/mol. The largest absolute Gasteiger partial charge is 0.477 e. The van der Waals surface area contributed by atoms with Gasteiger partial charge in [-0.15, -0.1) is 11.3 Å². The van der Waals surface area contributed by atoms with Crippen molar-refractivity contribution in [3.05, 3.63) is 52.4 Å². The van der Waals surface area contributed by atoms with Crippen molar-refractivity contribution in [1.82, 2.24) is 4.90 Å². The van der Waals surface area contributed by atoms with Gasteiger partial charge in [-0.25, -0.2) is 4.79 Å². The van der Waals surface area contributed by atoms with E-state index in [-0.39, 0.29) is 0 Å². The lowest BCUT2D eigenvalue weighted by atomic mass is 9.85. The summed E-state index contributed by atoms with van der Waals surface area (Å²) in [7, 11) is 2.17. The van der Waals surface area contributed by atoms with Gasteiger partial charge in [0.05, 0.1) is 0 Å². The first-order valence-corrected chi connectivity index (χ1v) is 10.3. The minimum Gasteiger partial charge on any atom is -0.477 e. The summed E-state index contributed by atoms with van der Waals surface area (Å²) in [6.45, 7) is 1.98. The molecule has 2 aliphatic rings. The van der Waals surface area contributed by atoms with E-state index in [1.165, 1.54) is 48.2 Å². The van der Waals surface area contributed by atoms with E-state index < -0.39 is 5.97 Å². The number of rotatable bonds is 4. The average molecular weight is 368 g/mol. The minimum atomic E-state index is -0.801. The second kappa shape index (κ2) is 7.37. The van der Waals surface area contributed by atoms with Crippen molar-refractivity contribution in [3.63, 3.8) is 0 Å². The van der Waals surface area contributed by atoms with Crippen LogP contribution in [0, 0.1) is 5.92 Å². The molecule has 4 rings (SSSR count). The molecule has 0 spiro atoms. The number of hydrogen-bond donors (Lipinski definition) is 1. The Morgan fingerprint density at radius 3 is 2.62 bits per heavy atom. The molecule has 0 unspecified atom stereocenters. The van der Waals surface area contributed by atoms with Crippen molar-refractivity contribution in [3.8, 4) is 10.4 Å². The Labute approximate surface area is 159 Å². The SMILES string of the molecule is CN1CCC(c2cc(-c3ccccc3)sc2C(=O)O)=C(C2CCCC2)C1. The van der Waals surface area contributed by atoms with Gasteiger partial charge in [-0.1, -0.05) is 43.2 Å². The first-order chi connectivity index (χ1) is 12.6. The highest BCUT2D eigenvalue weighted by atomic mass is 32.1.